The predicted molar refractivity (Wildman–Crippen MR) is 29.0 cm³/mol. The zero-order chi connectivity index (χ0) is 7.28. The zero-order valence-corrected chi connectivity index (χ0v) is 4.88. The molecule has 4 nitrogen and oxygen atoms in total. The van der Waals surface area contributed by atoms with Gasteiger partial charge in [-0.2, -0.15) is 0 Å². The molecule has 0 aliphatic carbocycles. The highest BCUT2D eigenvalue weighted by molar-refractivity contribution is 5.67. The largest absolute Gasteiger partial charge is 0.408 e. The Balaban J connectivity index is 3.78. The first-order valence-corrected chi connectivity index (χ1v) is 2.12. The van der Waals surface area contributed by atoms with Gasteiger partial charge in [0.2, 0.25) is 12.0 Å². The van der Waals surface area contributed by atoms with Gasteiger partial charge in [0.05, 0.1) is 0 Å². The van der Waals surface area contributed by atoms with Crippen LogP contribution < -0.4 is 0 Å². The molecule has 0 aromatic carbocycles. The second-order valence-corrected chi connectivity index (χ2v) is 1.19. The predicted octanol–water partition coefficient (Wildman–Crippen LogP) is 0.357. The summed E-state index contributed by atoms with van der Waals surface area (Å²) in [6, 6.07) is 0. The Labute approximate surface area is 51.8 Å². The first-order chi connectivity index (χ1) is 4.16. The lowest BCUT2D eigenvalue weighted by Crippen LogP contribution is -1.94. The Morgan fingerprint density at radius 1 is 1.78 bits per heavy atom. The van der Waals surface area contributed by atoms with E-state index in [2.05, 4.69) is 16.3 Å². The molecule has 4 heteroatoms. The summed E-state index contributed by atoms with van der Waals surface area (Å²) in [6.07, 6.45) is 1.17. The number of hydrogen-bond acceptors (Lipinski definition) is 4. The number of hydrogen-bond donors (Lipinski definition) is 0. The van der Waals surface area contributed by atoms with Gasteiger partial charge in [-0.3, -0.25) is 4.79 Å². The van der Waals surface area contributed by atoms with Crippen LogP contribution in [0.25, 0.3) is 0 Å². The number of carbonyl (C=O) groups excluding carboxylic acids is 2. The molecule has 0 fully saturated rings. The van der Waals surface area contributed by atoms with Crippen molar-refractivity contribution in [2.24, 2.45) is 4.99 Å². The highest BCUT2D eigenvalue weighted by Gasteiger charge is 1.93. The standard InChI is InChI=1S/C5H5NO3/c1-4(6-3-7)9-5(2)8/h1H2,2H3. The Bertz CT molecular complexity index is 179. The summed E-state index contributed by atoms with van der Waals surface area (Å²) >= 11 is 0. The molecule has 0 radical (unpaired) electrons. The van der Waals surface area contributed by atoms with E-state index in [1.807, 2.05) is 0 Å². The first-order valence-electron chi connectivity index (χ1n) is 2.12. The Morgan fingerprint density at radius 2 is 2.33 bits per heavy atom. The first kappa shape index (κ1) is 7.59. The minimum Gasteiger partial charge on any atom is -0.408 e. The normalized spacial score (nSPS) is 7.22. The van der Waals surface area contributed by atoms with Crippen LogP contribution >= 0.6 is 0 Å². The van der Waals surface area contributed by atoms with Crippen LogP contribution in [0.2, 0.25) is 0 Å². The van der Waals surface area contributed by atoms with Crippen molar-refractivity contribution in [1.82, 2.24) is 0 Å². The lowest BCUT2D eigenvalue weighted by Gasteiger charge is -1.92. The van der Waals surface area contributed by atoms with Crippen molar-refractivity contribution in [2.75, 3.05) is 0 Å². The zero-order valence-electron chi connectivity index (χ0n) is 4.88. The topological polar surface area (TPSA) is 55.7 Å². The molecule has 0 aliphatic heterocycles. The smallest absolute Gasteiger partial charge is 0.309 e. The number of nitrogens with zero attached hydrogens (tertiary/aromatic N) is 1. The molecule has 0 saturated carbocycles. The molecule has 0 rings (SSSR count). The van der Waals surface area contributed by atoms with Gasteiger partial charge in [-0.15, -0.1) is 4.99 Å². The molecule has 0 bridgehead atoms. The molecule has 48 valence electrons. The number of ether oxygens (including phenoxy) is 1. The average Bonchev–Trinajstić information content (AvgIpc) is 1.63. The fourth-order valence-corrected chi connectivity index (χ4v) is 0.240. The van der Waals surface area contributed by atoms with Gasteiger partial charge in [-0.05, 0) is 6.58 Å². The molecule has 0 spiro atoms. The van der Waals surface area contributed by atoms with E-state index < -0.39 is 5.97 Å². The number of isocyanates is 1. The molecule has 0 N–H and O–H groups in total. The van der Waals surface area contributed by atoms with Crippen LogP contribution in [0.3, 0.4) is 0 Å². The molecule has 0 aromatic heterocycles. The van der Waals surface area contributed by atoms with Crippen LogP contribution in [0.1, 0.15) is 6.92 Å². The van der Waals surface area contributed by atoms with Crippen molar-refractivity contribution in [2.45, 2.75) is 6.92 Å². The summed E-state index contributed by atoms with van der Waals surface area (Å²) in [5, 5.41) is 0. The van der Waals surface area contributed by atoms with Crippen molar-refractivity contribution in [1.29, 1.82) is 0 Å². The fourth-order valence-electron chi connectivity index (χ4n) is 0.240. The molecule has 0 unspecified atom stereocenters. The van der Waals surface area contributed by atoms with E-state index in [1.54, 1.807) is 0 Å². The van der Waals surface area contributed by atoms with Crippen LogP contribution in [-0.2, 0) is 14.3 Å². The van der Waals surface area contributed by atoms with E-state index in [9.17, 15) is 9.59 Å². The molecular formula is C5H5NO3. The van der Waals surface area contributed by atoms with Gasteiger partial charge in [-0.1, -0.05) is 0 Å². The molecule has 0 aliphatic rings. The number of carbonyl (C=O) groups is 1. The van der Waals surface area contributed by atoms with E-state index in [0.29, 0.717) is 0 Å². The van der Waals surface area contributed by atoms with Crippen molar-refractivity contribution in [3.63, 3.8) is 0 Å². The highest BCUT2D eigenvalue weighted by atomic mass is 16.5. The van der Waals surface area contributed by atoms with Gasteiger partial charge in [-0.25, -0.2) is 4.79 Å². The third-order valence-electron chi connectivity index (χ3n) is 0.432. The highest BCUT2D eigenvalue weighted by Crippen LogP contribution is 1.92. The van der Waals surface area contributed by atoms with Crippen LogP contribution in [0, 0.1) is 0 Å². The van der Waals surface area contributed by atoms with Crippen LogP contribution in [0.15, 0.2) is 17.5 Å². The molecule has 0 aromatic rings. The minimum absolute atomic E-state index is 0.238. The van der Waals surface area contributed by atoms with Gasteiger partial charge in [0.15, 0.2) is 0 Å². The molecule has 0 saturated heterocycles. The number of rotatable bonds is 2. The maximum absolute atomic E-state index is 10.1. The third kappa shape index (κ3) is 4.44. The molecule has 0 atom stereocenters. The Hall–Kier alpha value is -1.41. The Kier molecular flexibility index (Phi) is 3.01. The summed E-state index contributed by atoms with van der Waals surface area (Å²) in [4.78, 5) is 22.4. The van der Waals surface area contributed by atoms with Gasteiger partial charge >= 0.3 is 5.97 Å². The molecule has 0 amide bonds. The lowest BCUT2D eigenvalue weighted by atomic mass is 10.8. The van der Waals surface area contributed by atoms with Crippen molar-refractivity contribution >= 4 is 12.0 Å². The quantitative estimate of drug-likeness (QED) is 0.233. The minimum atomic E-state index is -0.556. The maximum Gasteiger partial charge on any atom is 0.309 e. The molecular weight excluding hydrogens is 122 g/mol. The van der Waals surface area contributed by atoms with Crippen molar-refractivity contribution < 1.29 is 14.3 Å². The summed E-state index contributed by atoms with van der Waals surface area (Å²) in [7, 11) is 0. The third-order valence-corrected chi connectivity index (χ3v) is 0.432. The van der Waals surface area contributed by atoms with Crippen molar-refractivity contribution in [3.05, 3.63) is 12.5 Å². The van der Waals surface area contributed by atoms with Crippen molar-refractivity contribution in [3.8, 4) is 0 Å². The lowest BCUT2D eigenvalue weighted by molar-refractivity contribution is -0.136. The van der Waals surface area contributed by atoms with Gasteiger partial charge in [0.1, 0.15) is 0 Å². The van der Waals surface area contributed by atoms with Gasteiger partial charge < -0.3 is 4.74 Å². The second-order valence-electron chi connectivity index (χ2n) is 1.19. The Morgan fingerprint density at radius 3 is 2.67 bits per heavy atom. The number of aliphatic imine (C=N–C) groups is 1. The average molecular weight is 127 g/mol. The monoisotopic (exact) mass is 127 g/mol. The van der Waals surface area contributed by atoms with E-state index >= 15 is 0 Å². The maximum atomic E-state index is 10.1. The second kappa shape index (κ2) is 3.57. The van der Waals surface area contributed by atoms with E-state index in [4.69, 9.17) is 0 Å². The number of esters is 1. The SMILES string of the molecule is C=C(N=C=O)OC(C)=O. The summed E-state index contributed by atoms with van der Waals surface area (Å²) < 4.78 is 4.23. The summed E-state index contributed by atoms with van der Waals surface area (Å²) in [5.41, 5.74) is 0. The fraction of sp³-hybridized carbons (Fsp3) is 0.200. The van der Waals surface area contributed by atoms with Gasteiger partial charge in [0, 0.05) is 6.92 Å². The van der Waals surface area contributed by atoms with Gasteiger partial charge in [0.25, 0.3) is 0 Å². The molecule has 9 heavy (non-hydrogen) atoms. The summed E-state index contributed by atoms with van der Waals surface area (Å²) in [6.45, 7) is 4.30. The van der Waals surface area contributed by atoms with E-state index in [0.717, 1.165) is 0 Å². The summed E-state index contributed by atoms with van der Waals surface area (Å²) in [5.74, 6) is -0.795. The van der Waals surface area contributed by atoms with Crippen LogP contribution in [0.4, 0.5) is 0 Å². The van der Waals surface area contributed by atoms with E-state index in [-0.39, 0.29) is 5.88 Å². The van der Waals surface area contributed by atoms with Crippen LogP contribution in [0.5, 0.6) is 0 Å². The van der Waals surface area contributed by atoms with Crippen LogP contribution in [-0.4, -0.2) is 12.0 Å². The molecule has 0 heterocycles. The van der Waals surface area contributed by atoms with E-state index in [1.165, 1.54) is 13.0 Å².